The Morgan fingerprint density at radius 3 is 2.26 bits per heavy atom. The third-order valence-corrected chi connectivity index (χ3v) is 8.45. The molecule has 2 saturated heterocycles. The summed E-state index contributed by atoms with van der Waals surface area (Å²) in [7, 11) is 0. The molecule has 17 heteroatoms. The van der Waals surface area contributed by atoms with Crippen LogP contribution in [0.5, 0.6) is 0 Å². The van der Waals surface area contributed by atoms with Crippen LogP contribution in [0.3, 0.4) is 0 Å². The number of imidazole rings is 1. The summed E-state index contributed by atoms with van der Waals surface area (Å²) in [4.78, 5) is 86.0. The van der Waals surface area contributed by atoms with Gasteiger partial charge < -0.3 is 51.8 Å². The minimum Gasteiger partial charge on any atom is -0.480 e. The van der Waals surface area contributed by atoms with Crippen molar-refractivity contribution in [2.24, 2.45) is 5.92 Å². The van der Waals surface area contributed by atoms with Gasteiger partial charge in [-0.15, -0.1) is 0 Å². The van der Waals surface area contributed by atoms with Crippen molar-refractivity contribution in [3.05, 3.63) is 18.2 Å². The lowest BCUT2D eigenvalue weighted by molar-refractivity contribution is -0.147. The van der Waals surface area contributed by atoms with Gasteiger partial charge in [0.15, 0.2) is 6.04 Å². The molecule has 0 aliphatic carbocycles. The maximum Gasteiger partial charge on any atom is 0.328 e. The molecule has 3 heterocycles. The Morgan fingerprint density at radius 2 is 1.70 bits per heavy atom. The number of carboxylic acids is 1. The van der Waals surface area contributed by atoms with Crippen LogP contribution in [-0.4, -0.2) is 128 Å². The van der Waals surface area contributed by atoms with Gasteiger partial charge in [0, 0.05) is 19.2 Å². The number of H-pyrrole nitrogens is 1. The van der Waals surface area contributed by atoms with E-state index in [4.69, 9.17) is 0 Å². The first-order valence-corrected chi connectivity index (χ1v) is 15.6. The Labute approximate surface area is 266 Å². The van der Waals surface area contributed by atoms with Crippen molar-refractivity contribution in [2.75, 3.05) is 19.7 Å². The Bertz CT molecular complexity index is 1220. The number of aliphatic carboxylic acids is 1. The molecule has 0 radical (unpaired) electrons. The number of aromatic amines is 1. The van der Waals surface area contributed by atoms with E-state index in [1.54, 1.807) is 20.0 Å². The highest BCUT2D eigenvalue weighted by Crippen LogP contribution is 2.22. The summed E-state index contributed by atoms with van der Waals surface area (Å²) in [6.45, 7) is 4.79. The van der Waals surface area contributed by atoms with Crippen molar-refractivity contribution < 1.29 is 44.1 Å². The second kappa shape index (κ2) is 17.0. The highest BCUT2D eigenvalue weighted by atomic mass is 16.4. The van der Waals surface area contributed by atoms with E-state index in [0.29, 0.717) is 31.5 Å². The molecule has 0 saturated carbocycles. The number of likely N-dealkylation sites (tertiary alicyclic amines) is 1. The maximum absolute atomic E-state index is 13.8. The Morgan fingerprint density at radius 1 is 0.978 bits per heavy atom. The van der Waals surface area contributed by atoms with Crippen LogP contribution in [0.4, 0.5) is 0 Å². The van der Waals surface area contributed by atoms with Crippen molar-refractivity contribution in [1.82, 2.24) is 41.5 Å². The van der Waals surface area contributed by atoms with Crippen molar-refractivity contribution in [3.8, 4) is 0 Å². The second-order valence-corrected chi connectivity index (χ2v) is 11.8. The van der Waals surface area contributed by atoms with Gasteiger partial charge in [0.25, 0.3) is 0 Å². The summed E-state index contributed by atoms with van der Waals surface area (Å²) >= 11 is 0. The summed E-state index contributed by atoms with van der Waals surface area (Å²) in [6, 6.07) is -6.79. The van der Waals surface area contributed by atoms with E-state index in [-0.39, 0.29) is 25.3 Å². The summed E-state index contributed by atoms with van der Waals surface area (Å²) < 4.78 is 0. The zero-order valence-electron chi connectivity index (χ0n) is 26.3. The molecule has 2 fully saturated rings. The number of aliphatic hydroxyl groups excluding tert-OH is 2. The van der Waals surface area contributed by atoms with E-state index in [1.165, 1.54) is 18.2 Å². The van der Waals surface area contributed by atoms with Crippen molar-refractivity contribution in [3.63, 3.8) is 0 Å². The highest BCUT2D eigenvalue weighted by Gasteiger charge is 2.41. The fourth-order valence-electron chi connectivity index (χ4n) is 5.52. The lowest BCUT2D eigenvalue weighted by Crippen LogP contribution is -2.61. The van der Waals surface area contributed by atoms with Gasteiger partial charge in [-0.1, -0.05) is 20.3 Å². The maximum atomic E-state index is 13.8. The van der Waals surface area contributed by atoms with E-state index in [1.807, 2.05) is 0 Å². The SMILES string of the molecule is CC[C@H](C)[C@H](NC(=O)[C@H](CO)NC(=O)[C@H](Cc1c[nH]cn1)NC(=O)[C@@H]1CCCN1)C(=O)N1CCC[C@H]1C(=O)N[C@H](C(=O)O)[C@@H](C)O. The van der Waals surface area contributed by atoms with Crippen LogP contribution in [0.2, 0.25) is 0 Å². The number of amides is 5. The van der Waals surface area contributed by atoms with Gasteiger partial charge in [0.2, 0.25) is 29.5 Å². The lowest BCUT2D eigenvalue weighted by atomic mass is 9.96. The van der Waals surface area contributed by atoms with Gasteiger partial charge in [-0.05, 0) is 45.1 Å². The number of hydrogen-bond donors (Lipinski definition) is 9. The molecule has 0 spiro atoms. The van der Waals surface area contributed by atoms with Gasteiger partial charge >= 0.3 is 5.97 Å². The Balaban J connectivity index is 1.72. The van der Waals surface area contributed by atoms with Gasteiger partial charge in [0.1, 0.15) is 24.2 Å². The Kier molecular flexibility index (Phi) is 13.4. The molecule has 0 aromatic carbocycles. The molecule has 5 amide bonds. The molecule has 3 rings (SSSR count). The predicted octanol–water partition coefficient (Wildman–Crippen LogP) is -2.86. The van der Waals surface area contributed by atoms with Gasteiger partial charge in [0.05, 0.1) is 30.8 Å². The molecule has 256 valence electrons. The van der Waals surface area contributed by atoms with Crippen LogP contribution in [0, 0.1) is 5.92 Å². The van der Waals surface area contributed by atoms with Crippen LogP contribution >= 0.6 is 0 Å². The lowest BCUT2D eigenvalue weighted by Gasteiger charge is -2.32. The molecule has 2 aliphatic rings. The standard InChI is InChI=1S/C29H46N8O9/c1-4-15(2)22(28(44)37-10-6-8-21(37)27(43)36-23(16(3)39)29(45)46)35-26(42)20(13-38)34-25(41)19(11-17-12-30-14-32-17)33-24(40)18-7-5-9-31-18/h12,14-16,18-23,31,38-39H,4-11,13H2,1-3H3,(H,30,32)(H,33,40)(H,34,41)(H,35,42)(H,36,43)(H,45,46)/t15-,16+,18-,19-,20-,21-,22-,23-/m0/s1. The minimum absolute atomic E-state index is 0.0117. The number of carbonyl (C=O) groups excluding carboxylic acids is 5. The smallest absolute Gasteiger partial charge is 0.328 e. The molecule has 8 atom stereocenters. The molecule has 9 N–H and O–H groups in total. The average Bonchev–Trinajstić information content (AvgIpc) is 3.83. The topological polar surface area (TPSA) is 255 Å². The van der Waals surface area contributed by atoms with Crippen LogP contribution < -0.4 is 26.6 Å². The number of rotatable bonds is 16. The Hall–Kier alpha value is -4.09. The molecular weight excluding hydrogens is 604 g/mol. The number of nitrogens with one attached hydrogen (secondary N) is 6. The molecule has 46 heavy (non-hydrogen) atoms. The fourth-order valence-corrected chi connectivity index (χ4v) is 5.52. The summed E-state index contributed by atoms with van der Waals surface area (Å²) in [5.41, 5.74) is 0.486. The van der Waals surface area contributed by atoms with E-state index >= 15 is 0 Å². The number of aromatic nitrogens is 2. The monoisotopic (exact) mass is 650 g/mol. The van der Waals surface area contributed by atoms with Crippen LogP contribution in [0.15, 0.2) is 12.5 Å². The zero-order valence-corrected chi connectivity index (χ0v) is 26.3. The fraction of sp³-hybridized carbons (Fsp3) is 0.690. The van der Waals surface area contributed by atoms with Crippen LogP contribution in [0.1, 0.15) is 58.6 Å². The normalized spacial score (nSPS) is 21.7. The number of carbonyl (C=O) groups is 6. The van der Waals surface area contributed by atoms with E-state index in [9.17, 15) is 44.1 Å². The van der Waals surface area contributed by atoms with E-state index in [2.05, 4.69) is 36.6 Å². The molecule has 0 unspecified atom stereocenters. The van der Waals surface area contributed by atoms with E-state index in [0.717, 1.165) is 6.42 Å². The second-order valence-electron chi connectivity index (χ2n) is 11.8. The van der Waals surface area contributed by atoms with Gasteiger partial charge in [-0.3, -0.25) is 24.0 Å². The van der Waals surface area contributed by atoms with Crippen molar-refractivity contribution in [1.29, 1.82) is 0 Å². The summed E-state index contributed by atoms with van der Waals surface area (Å²) in [5, 5.41) is 42.3. The third kappa shape index (κ3) is 9.46. The highest BCUT2D eigenvalue weighted by molar-refractivity contribution is 5.96. The summed E-state index contributed by atoms with van der Waals surface area (Å²) in [5.74, 6) is -5.15. The predicted molar refractivity (Wildman–Crippen MR) is 162 cm³/mol. The van der Waals surface area contributed by atoms with Crippen LogP contribution in [0.25, 0.3) is 0 Å². The molecular formula is C29H46N8O9. The average molecular weight is 651 g/mol. The first kappa shape index (κ1) is 36.4. The number of carboxylic acid groups (broad SMARTS) is 1. The molecule has 1 aromatic heterocycles. The first-order valence-electron chi connectivity index (χ1n) is 15.6. The van der Waals surface area contributed by atoms with Gasteiger partial charge in [-0.25, -0.2) is 9.78 Å². The quantitative estimate of drug-likeness (QED) is 0.0879. The first-order chi connectivity index (χ1) is 21.9. The molecule has 0 bridgehead atoms. The minimum atomic E-state index is -1.57. The number of nitrogens with zero attached hydrogens (tertiary/aromatic N) is 2. The summed E-state index contributed by atoms with van der Waals surface area (Å²) in [6.07, 6.45) is 4.19. The largest absolute Gasteiger partial charge is 0.480 e. The molecule has 1 aromatic rings. The zero-order chi connectivity index (χ0) is 34.0. The van der Waals surface area contributed by atoms with Gasteiger partial charge in [-0.2, -0.15) is 0 Å². The third-order valence-electron chi connectivity index (χ3n) is 8.45. The molecule has 17 nitrogen and oxygen atoms in total. The number of hydrogen-bond acceptors (Lipinski definition) is 10. The van der Waals surface area contributed by atoms with Crippen molar-refractivity contribution in [2.45, 2.75) is 102 Å². The van der Waals surface area contributed by atoms with Crippen LogP contribution in [-0.2, 0) is 35.2 Å². The van der Waals surface area contributed by atoms with Crippen molar-refractivity contribution >= 4 is 35.5 Å². The molecule has 2 aliphatic heterocycles. The number of aliphatic hydroxyl groups is 2. The van der Waals surface area contributed by atoms with E-state index < -0.39 is 84.5 Å².